The predicted octanol–water partition coefficient (Wildman–Crippen LogP) is 5.97. The molecule has 0 saturated carbocycles. The molecule has 144 valence electrons. The number of hydrogen-bond acceptors (Lipinski definition) is 3. The van der Waals surface area contributed by atoms with Gasteiger partial charge < -0.3 is 0 Å². The van der Waals surface area contributed by atoms with Crippen molar-refractivity contribution in [1.82, 2.24) is 9.97 Å². The minimum Gasteiger partial charge on any atom is -0.244 e. The second-order valence-electron chi connectivity index (χ2n) is 6.79. The van der Waals surface area contributed by atoms with E-state index in [2.05, 4.69) is 10.1 Å². The summed E-state index contributed by atoms with van der Waals surface area (Å²) < 4.78 is 38.5. The lowest BCUT2D eigenvalue weighted by Crippen LogP contribution is -2.04. The summed E-state index contributed by atoms with van der Waals surface area (Å²) in [6.45, 7) is 7.13. The van der Waals surface area contributed by atoms with Crippen molar-refractivity contribution in [1.29, 1.82) is 0 Å². The SMILES string of the molecule is [C-]#[N+]/N=C1\c2ccccc2-c2nc3ccc(-c4ccc(C(F)(F)F)cc4)cc3nc21. The van der Waals surface area contributed by atoms with Crippen molar-refractivity contribution >= 4 is 16.7 Å². The van der Waals surface area contributed by atoms with Gasteiger partial charge in [0.05, 0.1) is 27.4 Å². The van der Waals surface area contributed by atoms with Gasteiger partial charge in [-0.15, -0.1) is 4.95 Å². The van der Waals surface area contributed by atoms with Crippen LogP contribution >= 0.6 is 0 Å². The second kappa shape index (κ2) is 6.49. The second-order valence-corrected chi connectivity index (χ2v) is 6.79. The van der Waals surface area contributed by atoms with Crippen LogP contribution in [0.4, 0.5) is 13.2 Å². The van der Waals surface area contributed by atoms with Gasteiger partial charge in [0.15, 0.2) is 5.71 Å². The van der Waals surface area contributed by atoms with Gasteiger partial charge in [0.1, 0.15) is 5.69 Å². The molecule has 3 aromatic carbocycles. The van der Waals surface area contributed by atoms with Crippen LogP contribution in [0, 0.1) is 6.57 Å². The van der Waals surface area contributed by atoms with Crippen LogP contribution < -0.4 is 0 Å². The number of alkyl halides is 3. The van der Waals surface area contributed by atoms with Crippen molar-refractivity contribution in [2.24, 2.45) is 5.10 Å². The molecule has 0 atom stereocenters. The number of nitrogens with zero attached hydrogens (tertiary/aromatic N) is 4. The molecule has 0 amide bonds. The first kappa shape index (κ1) is 18.0. The van der Waals surface area contributed by atoms with Crippen LogP contribution in [0.15, 0.2) is 71.8 Å². The van der Waals surface area contributed by atoms with Crippen LogP contribution in [-0.2, 0) is 6.18 Å². The fourth-order valence-corrected chi connectivity index (χ4v) is 3.61. The van der Waals surface area contributed by atoms with Crippen LogP contribution in [0.3, 0.4) is 0 Å². The first-order chi connectivity index (χ1) is 14.5. The number of rotatable bonds is 1. The highest BCUT2D eigenvalue weighted by Gasteiger charge is 2.31. The molecule has 1 aliphatic rings. The standard InChI is InChI=1S/C23H11F3N4/c1-27-30-21-17-5-3-2-4-16(17)20-22(21)29-19-12-14(8-11-18(19)28-20)13-6-9-15(10-7-13)23(24,25)26/h2-12H/b30-21+. The molecule has 4 aromatic rings. The van der Waals surface area contributed by atoms with E-state index in [1.54, 1.807) is 18.2 Å². The van der Waals surface area contributed by atoms with Gasteiger partial charge >= 0.3 is 6.18 Å². The molecule has 0 radical (unpaired) electrons. The largest absolute Gasteiger partial charge is 0.416 e. The normalized spacial score (nSPS) is 13.9. The van der Waals surface area contributed by atoms with Crippen molar-refractivity contribution in [3.8, 4) is 22.4 Å². The number of hydrogen-bond donors (Lipinski definition) is 0. The van der Waals surface area contributed by atoms with Crippen molar-refractivity contribution in [3.63, 3.8) is 0 Å². The molecule has 0 unspecified atom stereocenters. The molecule has 4 nitrogen and oxygen atoms in total. The van der Waals surface area contributed by atoms with E-state index in [4.69, 9.17) is 16.5 Å². The van der Waals surface area contributed by atoms with Crippen molar-refractivity contribution < 1.29 is 13.2 Å². The molecular formula is C23H11F3N4. The molecule has 0 N–H and O–H groups in total. The molecule has 5 rings (SSSR count). The molecule has 0 fully saturated rings. The topological polar surface area (TPSA) is 42.5 Å². The highest BCUT2D eigenvalue weighted by Crippen LogP contribution is 2.36. The minimum atomic E-state index is -4.37. The third-order valence-electron chi connectivity index (χ3n) is 5.02. The molecule has 1 heterocycles. The average Bonchev–Trinajstić information content (AvgIpc) is 3.05. The molecule has 30 heavy (non-hydrogen) atoms. The first-order valence-corrected chi connectivity index (χ1v) is 9.00. The Labute approximate surface area is 169 Å². The summed E-state index contributed by atoms with van der Waals surface area (Å²) in [6, 6.07) is 17.9. The Morgan fingerprint density at radius 1 is 0.767 bits per heavy atom. The number of halogens is 3. The summed E-state index contributed by atoms with van der Waals surface area (Å²) >= 11 is 0. The lowest BCUT2D eigenvalue weighted by atomic mass is 10.0. The number of benzene rings is 3. The zero-order valence-electron chi connectivity index (χ0n) is 15.3. The van der Waals surface area contributed by atoms with Gasteiger partial charge in [0, 0.05) is 11.1 Å². The van der Waals surface area contributed by atoms with Crippen LogP contribution in [0.1, 0.15) is 16.8 Å². The fourth-order valence-electron chi connectivity index (χ4n) is 3.61. The van der Waals surface area contributed by atoms with E-state index in [0.29, 0.717) is 33.7 Å². The molecule has 7 heteroatoms. The lowest BCUT2D eigenvalue weighted by Gasteiger charge is -2.09. The Balaban J connectivity index is 1.64. The van der Waals surface area contributed by atoms with Gasteiger partial charge in [0.25, 0.3) is 0 Å². The maximum atomic E-state index is 12.8. The molecule has 0 bridgehead atoms. The third kappa shape index (κ3) is 2.81. The summed E-state index contributed by atoms with van der Waals surface area (Å²) in [6.07, 6.45) is -4.37. The van der Waals surface area contributed by atoms with E-state index in [1.807, 2.05) is 24.3 Å². The number of fused-ring (bicyclic) bond motifs is 4. The summed E-state index contributed by atoms with van der Waals surface area (Å²) in [4.78, 5) is 12.6. The van der Waals surface area contributed by atoms with Crippen LogP contribution in [0.5, 0.6) is 0 Å². The smallest absolute Gasteiger partial charge is 0.244 e. The lowest BCUT2D eigenvalue weighted by molar-refractivity contribution is -0.137. The van der Waals surface area contributed by atoms with Crippen molar-refractivity contribution in [2.45, 2.75) is 6.18 Å². The van der Waals surface area contributed by atoms with Crippen molar-refractivity contribution in [2.75, 3.05) is 0 Å². The van der Waals surface area contributed by atoms with E-state index in [9.17, 15) is 13.2 Å². The molecule has 0 aliphatic heterocycles. The van der Waals surface area contributed by atoms with Crippen LogP contribution in [-0.4, -0.2) is 15.7 Å². The Morgan fingerprint density at radius 3 is 2.13 bits per heavy atom. The molecular weight excluding hydrogens is 389 g/mol. The maximum Gasteiger partial charge on any atom is 0.416 e. The summed E-state index contributed by atoms with van der Waals surface area (Å²) in [5.41, 5.74) is 5.27. The Hall–Kier alpha value is -4.05. The first-order valence-electron chi connectivity index (χ1n) is 9.00. The van der Waals surface area contributed by atoms with Gasteiger partial charge in [-0.1, -0.05) is 42.5 Å². The monoisotopic (exact) mass is 400 g/mol. The van der Waals surface area contributed by atoms with E-state index in [0.717, 1.165) is 28.8 Å². The highest BCUT2D eigenvalue weighted by molar-refractivity contribution is 6.23. The van der Waals surface area contributed by atoms with Crippen molar-refractivity contribution in [3.05, 3.63) is 95.1 Å². The summed E-state index contributed by atoms with van der Waals surface area (Å²) in [7, 11) is 0. The Kier molecular flexibility index (Phi) is 3.90. The van der Waals surface area contributed by atoms with E-state index >= 15 is 0 Å². The van der Waals surface area contributed by atoms with Gasteiger partial charge in [-0.05, 0) is 35.4 Å². The van der Waals surface area contributed by atoms with E-state index < -0.39 is 11.7 Å². The van der Waals surface area contributed by atoms with Gasteiger partial charge in [-0.25, -0.2) is 9.97 Å². The number of aromatic nitrogens is 2. The Morgan fingerprint density at radius 2 is 1.43 bits per heavy atom. The van der Waals surface area contributed by atoms with Gasteiger partial charge in [0.2, 0.25) is 0 Å². The Bertz CT molecular complexity index is 1380. The van der Waals surface area contributed by atoms with E-state index in [-0.39, 0.29) is 0 Å². The third-order valence-corrected chi connectivity index (χ3v) is 5.02. The van der Waals surface area contributed by atoms with Crippen LogP contribution in [0.25, 0.3) is 38.4 Å². The zero-order valence-corrected chi connectivity index (χ0v) is 15.3. The maximum absolute atomic E-state index is 12.8. The zero-order chi connectivity index (χ0) is 20.9. The average molecular weight is 400 g/mol. The summed E-state index contributed by atoms with van der Waals surface area (Å²) in [5, 5.41) is 3.93. The van der Waals surface area contributed by atoms with Gasteiger partial charge in [-0.3, -0.25) is 0 Å². The predicted molar refractivity (Wildman–Crippen MR) is 108 cm³/mol. The van der Waals surface area contributed by atoms with E-state index in [1.165, 1.54) is 12.1 Å². The van der Waals surface area contributed by atoms with Gasteiger partial charge in [-0.2, -0.15) is 19.7 Å². The highest BCUT2D eigenvalue weighted by atomic mass is 19.4. The quantitative estimate of drug-likeness (QED) is 0.257. The molecule has 0 spiro atoms. The minimum absolute atomic E-state index is 0.477. The fraction of sp³-hybridized carbons (Fsp3) is 0.0435. The van der Waals surface area contributed by atoms with Crippen LogP contribution in [0.2, 0.25) is 0 Å². The molecule has 1 aliphatic carbocycles. The molecule has 1 aromatic heterocycles. The molecule has 0 saturated heterocycles. The summed E-state index contributed by atoms with van der Waals surface area (Å²) in [5.74, 6) is 0.